The quantitative estimate of drug-likeness (QED) is 0.304. The number of hydrogen-bond acceptors (Lipinski definition) is 8. The van der Waals surface area contributed by atoms with Crippen LogP contribution < -0.4 is 5.32 Å². The fourth-order valence-electron chi connectivity index (χ4n) is 4.23. The summed E-state index contributed by atoms with van der Waals surface area (Å²) in [5, 5.41) is 13.1. The Labute approximate surface area is 226 Å². The fourth-order valence-corrected chi connectivity index (χ4v) is 5.32. The van der Waals surface area contributed by atoms with Gasteiger partial charge in [-0.2, -0.15) is 0 Å². The van der Waals surface area contributed by atoms with E-state index in [2.05, 4.69) is 17.2 Å². The normalized spacial score (nSPS) is 22.0. The molecule has 0 spiro atoms. The van der Waals surface area contributed by atoms with E-state index in [-0.39, 0.29) is 24.7 Å². The van der Waals surface area contributed by atoms with Gasteiger partial charge in [0.15, 0.2) is 17.6 Å². The molecule has 1 fully saturated rings. The molecule has 4 rings (SSSR count). The molecule has 0 radical (unpaired) electrons. The predicted molar refractivity (Wildman–Crippen MR) is 143 cm³/mol. The second kappa shape index (κ2) is 12.6. The van der Waals surface area contributed by atoms with Crippen molar-refractivity contribution in [1.29, 1.82) is 0 Å². The minimum absolute atomic E-state index is 0.0153. The van der Waals surface area contributed by atoms with E-state index in [0.29, 0.717) is 11.4 Å². The van der Waals surface area contributed by atoms with Gasteiger partial charge in [-0.25, -0.2) is 4.98 Å². The number of aromatic nitrogens is 2. The second-order valence-corrected chi connectivity index (χ2v) is 10.3. The molecule has 2 aromatic carbocycles. The van der Waals surface area contributed by atoms with Crippen LogP contribution in [0.4, 0.5) is 5.69 Å². The number of amides is 1. The lowest BCUT2D eigenvalue weighted by atomic mass is 9.91. The van der Waals surface area contributed by atoms with E-state index >= 15 is 0 Å². The van der Waals surface area contributed by atoms with E-state index in [9.17, 15) is 14.7 Å². The number of anilines is 1. The number of thioether (sulfide) groups is 1. The summed E-state index contributed by atoms with van der Waals surface area (Å²) in [6, 6.07) is 15.0. The van der Waals surface area contributed by atoms with Crippen molar-refractivity contribution in [2.45, 2.75) is 57.1 Å². The fraction of sp³-hybridized carbons (Fsp3) is 0.393. The first-order valence-electron chi connectivity index (χ1n) is 12.4. The first kappa shape index (κ1) is 27.8. The maximum atomic E-state index is 12.3. The molecule has 2 heterocycles. The zero-order chi connectivity index (χ0) is 27.2. The Kier molecular flexibility index (Phi) is 9.22. The second-order valence-electron chi connectivity index (χ2n) is 9.32. The van der Waals surface area contributed by atoms with Gasteiger partial charge in [0.25, 0.3) is 5.91 Å². The summed E-state index contributed by atoms with van der Waals surface area (Å²) >= 11 is 1.64. The van der Waals surface area contributed by atoms with Crippen LogP contribution in [0.1, 0.15) is 49.9 Å². The molecule has 38 heavy (non-hydrogen) atoms. The van der Waals surface area contributed by atoms with Gasteiger partial charge in [0.2, 0.25) is 0 Å². The van der Waals surface area contributed by atoms with Gasteiger partial charge < -0.3 is 29.2 Å². The zero-order valence-corrected chi connectivity index (χ0v) is 22.7. The number of carbonyl (C=O) groups excluding carboxylic acids is 2. The van der Waals surface area contributed by atoms with Crippen LogP contribution in [0, 0.1) is 5.92 Å². The lowest BCUT2D eigenvalue weighted by Gasteiger charge is -2.41. The summed E-state index contributed by atoms with van der Waals surface area (Å²) in [5.41, 5.74) is 3.23. The van der Waals surface area contributed by atoms with Gasteiger partial charge in [0.1, 0.15) is 0 Å². The molecule has 1 saturated heterocycles. The average molecular weight is 540 g/mol. The van der Waals surface area contributed by atoms with Crippen LogP contribution in [0.25, 0.3) is 0 Å². The van der Waals surface area contributed by atoms with E-state index in [4.69, 9.17) is 14.2 Å². The van der Waals surface area contributed by atoms with E-state index in [1.807, 2.05) is 54.2 Å². The number of rotatable bonds is 9. The number of carbonyl (C=O) groups is 2. The molecular weight excluding hydrogens is 506 g/mol. The number of imidazole rings is 1. The van der Waals surface area contributed by atoms with Gasteiger partial charge in [0, 0.05) is 49.3 Å². The average Bonchev–Trinajstić information content (AvgIpc) is 3.32. The van der Waals surface area contributed by atoms with Gasteiger partial charge in [-0.05, 0) is 30.2 Å². The SMILES string of the molecule is CC(=O)O[C@@H](C)C(=O)Nc1ccc([C@@H]2O[C@H](CSc3nccn3C)[C@H](C)[C@H](c3ccc(CO)cc3)O2)cc1. The molecule has 1 aromatic heterocycles. The van der Waals surface area contributed by atoms with Gasteiger partial charge in [-0.3, -0.25) is 9.59 Å². The molecule has 9 nitrogen and oxygen atoms in total. The smallest absolute Gasteiger partial charge is 0.303 e. The maximum Gasteiger partial charge on any atom is 0.303 e. The van der Waals surface area contributed by atoms with Gasteiger partial charge in [-0.1, -0.05) is 55.1 Å². The van der Waals surface area contributed by atoms with Crippen LogP contribution in [0.3, 0.4) is 0 Å². The molecule has 1 aliphatic rings. The van der Waals surface area contributed by atoms with Crippen molar-refractivity contribution in [1.82, 2.24) is 9.55 Å². The molecule has 2 N–H and O–H groups in total. The highest BCUT2D eigenvalue weighted by atomic mass is 32.2. The van der Waals surface area contributed by atoms with Gasteiger partial charge in [-0.15, -0.1) is 0 Å². The molecule has 0 aliphatic carbocycles. The molecule has 5 atom stereocenters. The number of esters is 1. The lowest BCUT2D eigenvalue weighted by Crippen LogP contribution is -2.38. The van der Waals surface area contributed by atoms with Gasteiger partial charge >= 0.3 is 5.97 Å². The highest BCUT2D eigenvalue weighted by Gasteiger charge is 2.38. The van der Waals surface area contributed by atoms with Crippen LogP contribution in [-0.2, 0) is 37.5 Å². The Morgan fingerprint density at radius 1 is 1.13 bits per heavy atom. The topological polar surface area (TPSA) is 112 Å². The molecular formula is C28H33N3O6S. The molecule has 0 bridgehead atoms. The number of aliphatic hydroxyl groups excluding tert-OH is 1. The van der Waals surface area contributed by atoms with E-state index < -0.39 is 24.3 Å². The van der Waals surface area contributed by atoms with E-state index in [0.717, 1.165) is 21.8 Å². The Morgan fingerprint density at radius 2 is 1.82 bits per heavy atom. The number of ether oxygens (including phenoxy) is 3. The van der Waals surface area contributed by atoms with Crippen molar-refractivity contribution in [3.05, 3.63) is 77.6 Å². The highest BCUT2D eigenvalue weighted by molar-refractivity contribution is 7.99. The van der Waals surface area contributed by atoms with Crippen molar-refractivity contribution < 1.29 is 28.9 Å². The third kappa shape index (κ3) is 6.82. The molecule has 1 amide bonds. The predicted octanol–water partition coefficient (Wildman–Crippen LogP) is 4.39. The molecule has 3 aromatic rings. The summed E-state index contributed by atoms with van der Waals surface area (Å²) in [6.45, 7) is 4.89. The number of nitrogens with one attached hydrogen (secondary N) is 1. The highest BCUT2D eigenvalue weighted by Crippen LogP contribution is 2.43. The monoisotopic (exact) mass is 539 g/mol. The minimum atomic E-state index is -0.895. The van der Waals surface area contributed by atoms with Crippen molar-refractivity contribution in [3.8, 4) is 0 Å². The molecule has 0 unspecified atom stereocenters. The third-order valence-corrected chi connectivity index (χ3v) is 7.59. The Hall–Kier alpha value is -3.18. The summed E-state index contributed by atoms with van der Waals surface area (Å²) in [7, 11) is 1.96. The van der Waals surface area contributed by atoms with Crippen LogP contribution >= 0.6 is 11.8 Å². The molecule has 10 heteroatoms. The molecule has 1 aliphatic heterocycles. The third-order valence-electron chi connectivity index (χ3n) is 6.44. The van der Waals surface area contributed by atoms with Crippen molar-refractivity contribution >= 4 is 29.3 Å². The minimum Gasteiger partial charge on any atom is -0.453 e. The number of hydrogen-bond donors (Lipinski definition) is 2. The summed E-state index contributed by atoms with van der Waals surface area (Å²) in [4.78, 5) is 27.8. The van der Waals surface area contributed by atoms with Crippen molar-refractivity contribution in [3.63, 3.8) is 0 Å². The number of nitrogens with zero attached hydrogens (tertiary/aromatic N) is 2. The Balaban J connectivity index is 1.52. The van der Waals surface area contributed by atoms with E-state index in [1.165, 1.54) is 13.8 Å². The standard InChI is InChI=1S/C28H33N3O6S/c1-17-24(16-38-28-29-13-14-31(28)4)36-27(37-25(17)21-7-5-20(15-32)6-8-21)22-9-11-23(12-10-22)30-26(34)18(2)35-19(3)33/h5-14,17-18,24-25,27,32H,15-16H2,1-4H3,(H,30,34)/t17-,18-,24+,25+,27+/m0/s1. The van der Waals surface area contributed by atoms with Crippen LogP contribution in [0.5, 0.6) is 0 Å². The van der Waals surface area contributed by atoms with Crippen LogP contribution in [0.2, 0.25) is 0 Å². The van der Waals surface area contributed by atoms with E-state index in [1.54, 1.807) is 30.1 Å². The first-order valence-corrected chi connectivity index (χ1v) is 13.4. The summed E-state index contributed by atoms with van der Waals surface area (Å²) in [5.74, 6) is -0.177. The number of aliphatic hydroxyl groups is 1. The van der Waals surface area contributed by atoms with Crippen molar-refractivity contribution in [2.75, 3.05) is 11.1 Å². The Bertz CT molecular complexity index is 1230. The molecule has 0 saturated carbocycles. The largest absolute Gasteiger partial charge is 0.453 e. The summed E-state index contributed by atoms with van der Waals surface area (Å²) in [6.07, 6.45) is 1.83. The van der Waals surface area contributed by atoms with Crippen molar-refractivity contribution in [2.24, 2.45) is 13.0 Å². The zero-order valence-electron chi connectivity index (χ0n) is 21.9. The lowest BCUT2D eigenvalue weighted by molar-refractivity contribution is -0.268. The first-order chi connectivity index (χ1) is 18.2. The maximum absolute atomic E-state index is 12.3. The van der Waals surface area contributed by atoms with Crippen LogP contribution in [-0.4, -0.2) is 44.5 Å². The summed E-state index contributed by atoms with van der Waals surface area (Å²) < 4.78 is 19.9. The Morgan fingerprint density at radius 3 is 2.42 bits per heavy atom. The molecule has 202 valence electrons. The van der Waals surface area contributed by atoms with Crippen LogP contribution in [0.15, 0.2) is 66.1 Å². The van der Waals surface area contributed by atoms with Gasteiger partial charge in [0.05, 0.1) is 18.8 Å². The number of aryl methyl sites for hydroxylation is 1. The number of benzene rings is 2.